The number of benzene rings is 2. The van der Waals surface area contributed by atoms with Gasteiger partial charge in [-0.25, -0.2) is 0 Å². The number of unbranched alkanes of at least 4 members (excludes halogenated alkanes) is 1. The standard InChI is InChI=1S/C12H14O3.C7H8/c13-9-5-4-8-11(12(14)15)10-6-2-1-3-7-10;1-7-5-3-2-4-6-7/h1-3,6-7,9,11H,4-5,8H2,(H,14,15);2-6H,1H3. The Morgan fingerprint density at radius 3 is 2.00 bits per heavy atom. The SMILES string of the molecule is Cc1ccccc1.O=CCCCC(C(=O)O)c1ccccc1. The maximum absolute atomic E-state index is 11.0. The number of aldehydes is 1. The number of aryl methyl sites for hydroxylation is 1. The first-order chi connectivity index (χ1) is 10.6. The molecular formula is C19H22O3. The largest absolute Gasteiger partial charge is 0.481 e. The number of carboxylic acid groups (broad SMARTS) is 1. The van der Waals surface area contributed by atoms with Crippen molar-refractivity contribution >= 4 is 12.3 Å². The first-order valence-corrected chi connectivity index (χ1v) is 7.38. The molecule has 0 aliphatic rings. The van der Waals surface area contributed by atoms with Crippen molar-refractivity contribution in [2.45, 2.75) is 32.1 Å². The summed E-state index contributed by atoms with van der Waals surface area (Å²) in [6, 6.07) is 19.4. The second-order valence-electron chi connectivity index (χ2n) is 5.05. The van der Waals surface area contributed by atoms with Crippen LogP contribution in [0.2, 0.25) is 0 Å². The van der Waals surface area contributed by atoms with Crippen molar-refractivity contribution in [2.24, 2.45) is 0 Å². The molecule has 3 nitrogen and oxygen atoms in total. The smallest absolute Gasteiger partial charge is 0.310 e. The van der Waals surface area contributed by atoms with Gasteiger partial charge in [0.15, 0.2) is 0 Å². The van der Waals surface area contributed by atoms with Gasteiger partial charge >= 0.3 is 5.97 Å². The molecule has 0 aliphatic carbocycles. The second-order valence-corrected chi connectivity index (χ2v) is 5.05. The summed E-state index contributed by atoms with van der Waals surface area (Å²) < 4.78 is 0. The Balaban J connectivity index is 0.000000287. The van der Waals surface area contributed by atoms with Gasteiger partial charge in [0.05, 0.1) is 5.92 Å². The van der Waals surface area contributed by atoms with Gasteiger partial charge in [-0.15, -0.1) is 0 Å². The van der Waals surface area contributed by atoms with Gasteiger partial charge in [0.2, 0.25) is 0 Å². The Bertz CT molecular complexity index is 549. The van der Waals surface area contributed by atoms with Crippen molar-refractivity contribution in [2.75, 3.05) is 0 Å². The summed E-state index contributed by atoms with van der Waals surface area (Å²) in [7, 11) is 0. The van der Waals surface area contributed by atoms with Gasteiger partial charge in [0.25, 0.3) is 0 Å². The van der Waals surface area contributed by atoms with Gasteiger partial charge in [0.1, 0.15) is 6.29 Å². The topological polar surface area (TPSA) is 54.4 Å². The summed E-state index contributed by atoms with van der Waals surface area (Å²) in [5.41, 5.74) is 2.12. The highest BCUT2D eigenvalue weighted by molar-refractivity contribution is 5.76. The minimum absolute atomic E-state index is 0.427. The highest BCUT2D eigenvalue weighted by Crippen LogP contribution is 2.21. The highest BCUT2D eigenvalue weighted by Gasteiger charge is 2.18. The summed E-state index contributed by atoms with van der Waals surface area (Å²) >= 11 is 0. The minimum atomic E-state index is -0.827. The molecule has 1 N–H and O–H groups in total. The molecular weight excluding hydrogens is 276 g/mol. The molecule has 0 aliphatic heterocycles. The van der Waals surface area contributed by atoms with E-state index < -0.39 is 11.9 Å². The lowest BCUT2D eigenvalue weighted by Crippen LogP contribution is -2.11. The summed E-state index contributed by atoms with van der Waals surface area (Å²) in [5.74, 6) is -1.32. The van der Waals surface area contributed by atoms with Crippen molar-refractivity contribution in [3.63, 3.8) is 0 Å². The van der Waals surface area contributed by atoms with Crippen LogP contribution in [0.25, 0.3) is 0 Å². The van der Waals surface area contributed by atoms with E-state index in [0.717, 1.165) is 11.8 Å². The Labute approximate surface area is 131 Å². The number of carboxylic acids is 1. The third kappa shape index (κ3) is 6.84. The molecule has 22 heavy (non-hydrogen) atoms. The zero-order valence-electron chi connectivity index (χ0n) is 12.8. The van der Waals surface area contributed by atoms with Crippen LogP contribution in [-0.4, -0.2) is 17.4 Å². The molecule has 1 unspecified atom stereocenters. The summed E-state index contributed by atoms with van der Waals surface area (Å²) in [6.07, 6.45) is 2.38. The molecule has 0 aromatic heterocycles. The molecule has 0 radical (unpaired) electrons. The van der Waals surface area contributed by atoms with Crippen molar-refractivity contribution in [3.8, 4) is 0 Å². The lowest BCUT2D eigenvalue weighted by atomic mass is 9.94. The van der Waals surface area contributed by atoms with E-state index in [4.69, 9.17) is 5.11 Å². The van der Waals surface area contributed by atoms with Gasteiger partial charge in [-0.3, -0.25) is 4.79 Å². The van der Waals surface area contributed by atoms with Crippen molar-refractivity contribution in [3.05, 3.63) is 71.8 Å². The van der Waals surface area contributed by atoms with Gasteiger partial charge < -0.3 is 9.90 Å². The Morgan fingerprint density at radius 2 is 1.59 bits per heavy atom. The van der Waals surface area contributed by atoms with Crippen LogP contribution in [0.5, 0.6) is 0 Å². The number of aliphatic carboxylic acids is 1. The van der Waals surface area contributed by atoms with E-state index in [2.05, 4.69) is 19.1 Å². The summed E-state index contributed by atoms with van der Waals surface area (Å²) in [4.78, 5) is 21.2. The van der Waals surface area contributed by atoms with Gasteiger partial charge in [0, 0.05) is 6.42 Å². The maximum Gasteiger partial charge on any atom is 0.310 e. The third-order valence-corrected chi connectivity index (χ3v) is 3.26. The molecule has 2 aromatic carbocycles. The van der Waals surface area contributed by atoms with E-state index in [-0.39, 0.29) is 0 Å². The molecule has 2 rings (SSSR count). The fraction of sp³-hybridized carbons (Fsp3) is 0.263. The predicted octanol–water partition coefficient (Wildman–Crippen LogP) is 4.22. The number of hydrogen-bond acceptors (Lipinski definition) is 2. The fourth-order valence-electron chi connectivity index (χ4n) is 2.06. The zero-order valence-corrected chi connectivity index (χ0v) is 12.8. The number of hydrogen-bond donors (Lipinski definition) is 1. The quantitative estimate of drug-likeness (QED) is 0.641. The second kappa shape index (κ2) is 10.3. The van der Waals surface area contributed by atoms with Crippen LogP contribution in [0.15, 0.2) is 60.7 Å². The minimum Gasteiger partial charge on any atom is -0.481 e. The molecule has 0 heterocycles. The molecule has 116 valence electrons. The normalized spacial score (nSPS) is 11.0. The van der Waals surface area contributed by atoms with Crippen molar-refractivity contribution < 1.29 is 14.7 Å². The summed E-state index contributed by atoms with van der Waals surface area (Å²) in [6.45, 7) is 2.08. The van der Waals surface area contributed by atoms with Crippen LogP contribution >= 0.6 is 0 Å². The van der Waals surface area contributed by atoms with Crippen molar-refractivity contribution in [1.82, 2.24) is 0 Å². The number of rotatable bonds is 6. The molecule has 0 amide bonds. The lowest BCUT2D eigenvalue weighted by molar-refractivity contribution is -0.139. The Hall–Kier alpha value is -2.42. The monoisotopic (exact) mass is 298 g/mol. The number of carbonyl (C=O) groups is 2. The van der Waals surface area contributed by atoms with E-state index in [9.17, 15) is 9.59 Å². The van der Waals surface area contributed by atoms with E-state index in [0.29, 0.717) is 19.3 Å². The average Bonchev–Trinajstić information content (AvgIpc) is 2.53. The van der Waals surface area contributed by atoms with Gasteiger partial charge in [-0.1, -0.05) is 66.2 Å². The fourth-order valence-corrected chi connectivity index (χ4v) is 2.06. The first kappa shape index (κ1) is 17.6. The van der Waals surface area contributed by atoms with E-state index in [1.54, 1.807) is 12.1 Å². The van der Waals surface area contributed by atoms with Crippen LogP contribution in [0, 0.1) is 6.92 Å². The van der Waals surface area contributed by atoms with Gasteiger partial charge in [-0.2, -0.15) is 0 Å². The maximum atomic E-state index is 11.0. The Morgan fingerprint density at radius 1 is 1.05 bits per heavy atom. The van der Waals surface area contributed by atoms with E-state index in [1.165, 1.54) is 5.56 Å². The Kier molecular flexibility index (Phi) is 8.28. The first-order valence-electron chi connectivity index (χ1n) is 7.38. The van der Waals surface area contributed by atoms with Crippen LogP contribution in [0.1, 0.15) is 36.3 Å². The number of carbonyl (C=O) groups excluding carboxylic acids is 1. The van der Waals surface area contributed by atoms with Crippen LogP contribution in [0.3, 0.4) is 0 Å². The molecule has 0 spiro atoms. The highest BCUT2D eigenvalue weighted by atomic mass is 16.4. The van der Waals surface area contributed by atoms with Crippen LogP contribution < -0.4 is 0 Å². The lowest BCUT2D eigenvalue weighted by Gasteiger charge is -2.11. The van der Waals surface area contributed by atoms with Crippen LogP contribution in [-0.2, 0) is 9.59 Å². The molecule has 2 aromatic rings. The average molecular weight is 298 g/mol. The van der Waals surface area contributed by atoms with E-state index >= 15 is 0 Å². The van der Waals surface area contributed by atoms with Gasteiger partial charge in [-0.05, 0) is 25.3 Å². The molecule has 0 fully saturated rings. The molecule has 1 atom stereocenters. The van der Waals surface area contributed by atoms with Crippen molar-refractivity contribution in [1.29, 1.82) is 0 Å². The predicted molar refractivity (Wildman–Crippen MR) is 87.9 cm³/mol. The third-order valence-electron chi connectivity index (χ3n) is 3.26. The van der Waals surface area contributed by atoms with Crippen LogP contribution in [0.4, 0.5) is 0 Å². The molecule has 0 bridgehead atoms. The summed E-state index contributed by atoms with van der Waals surface area (Å²) in [5, 5.41) is 9.04. The molecule has 0 saturated carbocycles. The van der Waals surface area contributed by atoms with E-state index in [1.807, 2.05) is 36.4 Å². The zero-order chi connectivity index (χ0) is 16.2. The molecule has 3 heteroatoms. The molecule has 0 saturated heterocycles.